The molecule has 2 unspecified atom stereocenters. The normalized spacial score (nSPS) is 24.2. The lowest BCUT2D eigenvalue weighted by atomic mass is 9.62. The molecule has 2 atom stereocenters. The van der Waals surface area contributed by atoms with E-state index in [2.05, 4.69) is 0 Å². The Morgan fingerprint density at radius 3 is 2.11 bits per heavy atom. The summed E-state index contributed by atoms with van der Waals surface area (Å²) in [5.41, 5.74) is 2.99. The molecule has 0 N–H and O–H groups in total. The number of hydrogen-bond acceptors (Lipinski definition) is 3. The first-order valence-electron chi connectivity index (χ1n) is 9.04. The molecule has 27 heavy (non-hydrogen) atoms. The zero-order valence-corrected chi connectivity index (χ0v) is 16.2. The van der Waals surface area contributed by atoms with Gasteiger partial charge in [0.15, 0.2) is 5.78 Å². The number of allylic oxidation sites excluding steroid dienone is 2. The second-order valence-electron chi connectivity index (χ2n) is 7.11. The molecule has 0 radical (unpaired) electrons. The van der Waals surface area contributed by atoms with E-state index in [0.29, 0.717) is 5.57 Å². The molecule has 0 fully saturated rings. The van der Waals surface area contributed by atoms with Gasteiger partial charge in [-0.2, -0.15) is 0 Å². The monoisotopic (exact) mass is 360 g/mol. The number of methoxy groups -OCH3 is 1. The van der Waals surface area contributed by atoms with Crippen LogP contribution in [0.2, 0.25) is 0 Å². The van der Waals surface area contributed by atoms with Gasteiger partial charge in [0.25, 0.3) is 0 Å². The van der Waals surface area contributed by atoms with Crippen molar-refractivity contribution in [3.8, 4) is 0 Å². The quantitative estimate of drug-likeness (QED) is 0.574. The van der Waals surface area contributed by atoms with Crippen LogP contribution in [0.5, 0.6) is 0 Å². The Kier molecular flexibility index (Phi) is 5.13. The molecule has 1 aliphatic rings. The molecule has 138 valence electrons. The fourth-order valence-electron chi connectivity index (χ4n) is 3.87. The van der Waals surface area contributed by atoms with Crippen LogP contribution >= 0.6 is 0 Å². The molecule has 0 bridgehead atoms. The number of hydrogen-bond donors (Lipinski definition) is 0. The maximum absolute atomic E-state index is 13.2. The van der Waals surface area contributed by atoms with Gasteiger partial charge in [-0.25, -0.2) is 0 Å². The van der Waals surface area contributed by atoms with Crippen LogP contribution in [-0.2, 0) is 14.3 Å². The average Bonchev–Trinajstić information content (AvgIpc) is 2.71. The highest BCUT2D eigenvalue weighted by atomic mass is 16.5. The summed E-state index contributed by atoms with van der Waals surface area (Å²) in [4.78, 5) is 26.1. The number of benzene rings is 2. The van der Waals surface area contributed by atoms with Crippen LogP contribution in [0.25, 0.3) is 6.08 Å². The highest BCUT2D eigenvalue weighted by Crippen LogP contribution is 2.50. The highest BCUT2D eigenvalue weighted by Gasteiger charge is 2.52. The molecule has 0 spiro atoms. The number of ketones is 1. The van der Waals surface area contributed by atoms with E-state index < -0.39 is 11.4 Å². The van der Waals surface area contributed by atoms with Gasteiger partial charge in [0, 0.05) is 5.92 Å². The number of ether oxygens (including phenoxy) is 1. The van der Waals surface area contributed by atoms with Crippen molar-refractivity contribution in [1.82, 2.24) is 0 Å². The number of carbonyl (C=O) groups is 2. The van der Waals surface area contributed by atoms with E-state index in [1.54, 1.807) is 13.8 Å². The van der Waals surface area contributed by atoms with E-state index in [-0.39, 0.29) is 11.7 Å². The van der Waals surface area contributed by atoms with Gasteiger partial charge < -0.3 is 4.74 Å². The Morgan fingerprint density at radius 2 is 1.56 bits per heavy atom. The average molecular weight is 360 g/mol. The van der Waals surface area contributed by atoms with Crippen molar-refractivity contribution in [3.05, 3.63) is 88.5 Å². The summed E-state index contributed by atoms with van der Waals surface area (Å²) >= 11 is 0. The van der Waals surface area contributed by atoms with Crippen LogP contribution < -0.4 is 0 Å². The third-order valence-corrected chi connectivity index (χ3v) is 5.56. The van der Waals surface area contributed by atoms with Crippen molar-refractivity contribution in [1.29, 1.82) is 0 Å². The number of rotatable bonds is 3. The summed E-state index contributed by atoms with van der Waals surface area (Å²) in [5.74, 6) is -0.878. The van der Waals surface area contributed by atoms with Crippen LogP contribution in [0.1, 0.15) is 37.8 Å². The van der Waals surface area contributed by atoms with E-state index in [9.17, 15) is 9.59 Å². The van der Waals surface area contributed by atoms with Crippen molar-refractivity contribution in [2.75, 3.05) is 7.11 Å². The summed E-state index contributed by atoms with van der Waals surface area (Å²) in [6.07, 6.45) is 1.96. The second-order valence-corrected chi connectivity index (χ2v) is 7.11. The summed E-state index contributed by atoms with van der Waals surface area (Å²) in [5, 5.41) is 0. The summed E-state index contributed by atoms with van der Waals surface area (Å²) in [6.45, 7) is 5.45. The first-order valence-corrected chi connectivity index (χ1v) is 9.04. The zero-order chi connectivity index (χ0) is 19.6. The molecule has 3 rings (SSSR count). The predicted molar refractivity (Wildman–Crippen MR) is 107 cm³/mol. The Bertz CT molecular complexity index is 923. The molecule has 0 aliphatic heterocycles. The molecule has 2 aromatic carbocycles. The Hall–Kier alpha value is -2.94. The lowest BCUT2D eigenvalue weighted by molar-refractivity contribution is -0.153. The number of carbonyl (C=O) groups excluding carboxylic acids is 2. The van der Waals surface area contributed by atoms with Crippen molar-refractivity contribution < 1.29 is 14.3 Å². The lowest BCUT2D eigenvalue weighted by Gasteiger charge is -2.39. The van der Waals surface area contributed by atoms with Crippen LogP contribution in [0.4, 0.5) is 0 Å². The molecular weight excluding hydrogens is 336 g/mol. The van der Waals surface area contributed by atoms with Crippen LogP contribution in [-0.4, -0.2) is 18.9 Å². The fourth-order valence-corrected chi connectivity index (χ4v) is 3.87. The smallest absolute Gasteiger partial charge is 0.323 e. The van der Waals surface area contributed by atoms with E-state index in [1.807, 2.05) is 73.7 Å². The molecule has 0 saturated heterocycles. The fraction of sp³-hybridized carbons (Fsp3) is 0.250. The van der Waals surface area contributed by atoms with Gasteiger partial charge in [0.2, 0.25) is 0 Å². The molecule has 0 aromatic heterocycles. The van der Waals surface area contributed by atoms with Crippen LogP contribution in [0.15, 0.2) is 77.4 Å². The van der Waals surface area contributed by atoms with Gasteiger partial charge in [-0.15, -0.1) is 0 Å². The molecule has 1 aliphatic carbocycles. The molecular formula is C24H24O3. The third kappa shape index (κ3) is 3.14. The second kappa shape index (κ2) is 7.36. The van der Waals surface area contributed by atoms with Gasteiger partial charge in [-0.1, -0.05) is 72.3 Å². The van der Waals surface area contributed by atoms with Gasteiger partial charge in [-0.05, 0) is 43.0 Å². The maximum Gasteiger partial charge on any atom is 0.323 e. The molecule has 2 aromatic rings. The summed E-state index contributed by atoms with van der Waals surface area (Å²) < 4.78 is 5.08. The van der Waals surface area contributed by atoms with Crippen molar-refractivity contribution >= 4 is 17.8 Å². The molecule has 3 nitrogen and oxygen atoms in total. The topological polar surface area (TPSA) is 43.4 Å². The SMILES string of the molecule is COC(=O)C1(C)C(=O)C(C)=C(C)C(c2ccccc2)/C1=C/c1ccccc1. The molecule has 0 heterocycles. The number of Topliss-reactive ketones (excluding diaryl/α,β-unsaturated/α-hetero) is 1. The van der Waals surface area contributed by atoms with E-state index in [1.165, 1.54) is 7.11 Å². The Balaban J connectivity index is 2.33. The van der Waals surface area contributed by atoms with Crippen LogP contribution in [0, 0.1) is 5.41 Å². The minimum Gasteiger partial charge on any atom is -0.468 e. The Labute approximate surface area is 160 Å². The summed E-state index contributed by atoms with van der Waals surface area (Å²) in [6, 6.07) is 19.8. The van der Waals surface area contributed by atoms with Crippen LogP contribution in [0.3, 0.4) is 0 Å². The third-order valence-electron chi connectivity index (χ3n) is 5.56. The van der Waals surface area contributed by atoms with Gasteiger partial charge in [0.05, 0.1) is 7.11 Å². The lowest BCUT2D eigenvalue weighted by Crippen LogP contribution is -2.45. The highest BCUT2D eigenvalue weighted by molar-refractivity contribution is 6.16. The molecule has 3 heteroatoms. The first-order chi connectivity index (χ1) is 12.9. The van der Waals surface area contributed by atoms with Crippen molar-refractivity contribution in [3.63, 3.8) is 0 Å². The standard InChI is InChI=1S/C24H24O3/c1-16-17(2)22(25)24(3,23(26)27-4)20(15-18-11-7-5-8-12-18)21(16)19-13-9-6-10-14-19/h5-15,21H,1-4H3/b20-15-. The number of esters is 1. The first kappa shape index (κ1) is 18.8. The summed E-state index contributed by atoms with van der Waals surface area (Å²) in [7, 11) is 1.33. The van der Waals surface area contributed by atoms with E-state index in [0.717, 1.165) is 22.3 Å². The van der Waals surface area contributed by atoms with Gasteiger partial charge in [0.1, 0.15) is 5.41 Å². The largest absolute Gasteiger partial charge is 0.468 e. The van der Waals surface area contributed by atoms with Crippen molar-refractivity contribution in [2.24, 2.45) is 5.41 Å². The molecule has 0 saturated carbocycles. The molecule has 0 amide bonds. The van der Waals surface area contributed by atoms with Gasteiger partial charge >= 0.3 is 5.97 Å². The predicted octanol–water partition coefficient (Wildman–Crippen LogP) is 4.95. The maximum atomic E-state index is 13.2. The van der Waals surface area contributed by atoms with E-state index in [4.69, 9.17) is 4.74 Å². The van der Waals surface area contributed by atoms with Gasteiger partial charge in [-0.3, -0.25) is 9.59 Å². The zero-order valence-electron chi connectivity index (χ0n) is 16.2. The van der Waals surface area contributed by atoms with E-state index >= 15 is 0 Å². The Morgan fingerprint density at radius 1 is 1.00 bits per heavy atom. The minimum absolute atomic E-state index is 0.159. The minimum atomic E-state index is -1.35. The van der Waals surface area contributed by atoms with Crippen molar-refractivity contribution in [2.45, 2.75) is 26.7 Å².